The summed E-state index contributed by atoms with van der Waals surface area (Å²) in [6.45, 7) is 38.0. The Hall–Kier alpha value is -12.0. The number of likely N-dealkylation sites (tertiary alicyclic amines) is 4. The van der Waals surface area contributed by atoms with Crippen LogP contribution in [0.5, 0.6) is 23.0 Å². The van der Waals surface area contributed by atoms with Crippen molar-refractivity contribution in [2.75, 3.05) is 91.6 Å². The highest BCUT2D eigenvalue weighted by atomic mass is 32.2. The van der Waals surface area contributed by atoms with E-state index in [-0.39, 0.29) is 94.9 Å². The number of benzene rings is 8. The lowest BCUT2D eigenvalue weighted by atomic mass is 9.84. The van der Waals surface area contributed by atoms with E-state index in [2.05, 4.69) is 0 Å². The highest BCUT2D eigenvalue weighted by Crippen LogP contribution is 2.42. The van der Waals surface area contributed by atoms with Gasteiger partial charge >= 0.3 is 48.3 Å². The Kier molecular flexibility index (Phi) is 42.7. The summed E-state index contributed by atoms with van der Waals surface area (Å²) in [5.74, 6) is -2.85. The molecule has 4 saturated heterocycles. The fourth-order valence-corrected chi connectivity index (χ4v) is 20.7. The first-order chi connectivity index (χ1) is 69.6. The lowest BCUT2D eigenvalue weighted by Crippen LogP contribution is -2.38. The number of carboxylic acid groups (broad SMARTS) is 4. The molecule has 8 aromatic rings. The predicted molar refractivity (Wildman–Crippen MR) is 579 cm³/mol. The normalized spacial score (nSPS) is 17.6. The zero-order valence-electron chi connectivity index (χ0n) is 90.3. The van der Waals surface area contributed by atoms with Crippen LogP contribution in [-0.2, 0) is 63.8 Å². The van der Waals surface area contributed by atoms with E-state index in [0.29, 0.717) is 97.6 Å². The second-order valence-electron chi connectivity index (χ2n) is 41.3. The number of hydrogen-bond donors (Lipinski definition) is 4. The van der Waals surface area contributed by atoms with E-state index in [0.717, 1.165) is 138 Å². The molecule has 0 aromatic heterocycles. The summed E-state index contributed by atoms with van der Waals surface area (Å²) < 4.78 is 44.0. The summed E-state index contributed by atoms with van der Waals surface area (Å²) >= 11 is 6.50. The van der Waals surface area contributed by atoms with Gasteiger partial charge in [-0.25, -0.2) is 38.4 Å². The van der Waals surface area contributed by atoms with Crippen LogP contribution < -0.4 is 18.9 Å². The Morgan fingerprint density at radius 3 is 0.608 bits per heavy atom. The molecule has 4 aliphatic heterocycles. The smallest absolute Gasteiger partial charge is 0.410 e. The van der Waals surface area contributed by atoms with Crippen molar-refractivity contribution < 1.29 is 116 Å². The van der Waals surface area contributed by atoms with Gasteiger partial charge in [-0.2, -0.15) is 0 Å². The van der Waals surface area contributed by atoms with Crippen molar-refractivity contribution in [3.05, 3.63) is 235 Å². The van der Waals surface area contributed by atoms with Crippen molar-refractivity contribution in [3.63, 3.8) is 0 Å². The van der Waals surface area contributed by atoms with E-state index in [1.54, 1.807) is 66.6 Å². The van der Waals surface area contributed by atoms with Crippen molar-refractivity contribution in [2.24, 2.45) is 47.3 Å². The van der Waals surface area contributed by atoms with Gasteiger partial charge < -0.3 is 77.9 Å². The molecule has 8 atom stereocenters. The number of nitrogens with zero attached hydrogens (tertiary/aromatic N) is 4. The number of hydrogen-bond acceptors (Lipinski definition) is 24. The largest absolute Gasteiger partial charge is 0.478 e. The Balaban J connectivity index is 0.000000219. The molecule has 0 aliphatic carbocycles. The van der Waals surface area contributed by atoms with Crippen LogP contribution in [-0.4, -0.2) is 238 Å². The number of amides is 4. The van der Waals surface area contributed by atoms with Gasteiger partial charge in [0.15, 0.2) is 45.5 Å². The quantitative estimate of drug-likeness (QED) is 0.0159. The molecule has 800 valence electrons. The van der Waals surface area contributed by atoms with Crippen LogP contribution in [0.1, 0.15) is 217 Å². The van der Waals surface area contributed by atoms with Gasteiger partial charge in [-0.05, 0) is 354 Å². The molecule has 32 heteroatoms. The molecule has 8 aromatic carbocycles. The lowest BCUT2D eigenvalue weighted by Gasteiger charge is -2.25. The summed E-state index contributed by atoms with van der Waals surface area (Å²) in [5.41, 5.74) is 8.53. The Morgan fingerprint density at radius 1 is 0.291 bits per heavy atom. The molecular weight excluding hydrogens is 1960 g/mol. The van der Waals surface area contributed by atoms with Crippen LogP contribution in [0.4, 0.5) is 19.2 Å². The van der Waals surface area contributed by atoms with E-state index in [1.807, 2.05) is 254 Å². The van der Waals surface area contributed by atoms with Crippen molar-refractivity contribution in [1.29, 1.82) is 0 Å². The number of rotatable bonds is 38. The zero-order valence-corrected chi connectivity index (χ0v) is 93.6. The number of carboxylic acids is 4. The topological polar surface area (TPSA) is 373 Å². The average molecular weight is 2110 g/mol. The van der Waals surface area contributed by atoms with Gasteiger partial charge in [-0.15, -0.1) is 47.0 Å². The maximum absolute atomic E-state index is 13.5. The highest BCUT2D eigenvalue weighted by Gasteiger charge is 2.46. The summed E-state index contributed by atoms with van der Waals surface area (Å²) in [6, 6.07) is 46.5. The molecule has 4 fully saturated rings. The monoisotopic (exact) mass is 2110 g/mol. The fourth-order valence-electron chi connectivity index (χ4n) is 19.1. The molecule has 4 N–H and O–H groups in total. The molecule has 4 amide bonds. The van der Waals surface area contributed by atoms with E-state index < -0.39 is 58.5 Å². The number of ether oxygens (including phenoxy) is 8. The van der Waals surface area contributed by atoms with E-state index in [1.165, 1.54) is 69.6 Å². The van der Waals surface area contributed by atoms with Crippen LogP contribution in [0.3, 0.4) is 0 Å². The Morgan fingerprint density at radius 2 is 0.459 bits per heavy atom. The standard InChI is InChI=1S/2C30H39NO6S.2C28H35NO6S/c2*1-18(2)36-29(35)31-16-23(25(17-31)26(32)22-10-12-24(38-7)13-11-22)9-8-21-14-19(3)27(20(4)15-21)37-30(5,6)28(33)34;2*1-17-13-19(14-18(2)25(17)35-28(3,4)26(31)32)7-8-21-15-29(27(33)34-5)16-23(21)24(30)20-9-11-22(36-6)12-10-20/h2*10-15,18,23,25H,8-9,16-17H2,1-7H3,(H,33,34);2*9-14,21,23H,7-8,15-16H2,1-6H3,(H,31,32)/t2*23-,25-;2*21-,23-/m1010/s1. The SMILES string of the molecule is COC(=O)N1C[C@@H](CCc2cc(C)c(OC(C)(C)C(=O)O)c(C)c2)[C@H](C(=O)c2ccc(SC)cc2)C1.COC(=O)N1C[C@H](CCc2cc(C)c(OC(C)(C)C(=O)O)c(C)c2)[C@@H](C(=O)c2ccc(SC)cc2)C1.CSc1ccc(C(=O)[C@@H]2CN(C(=O)OC(C)C)C[C@H]2CCc2cc(C)c(OC(C)(C)C(=O)O)c(C)c2)cc1.CSc1ccc(C(=O)[C@H]2CN(C(=O)OC(C)C)C[C@@H]2CCc2cc(C)c(OC(C)(C)C(=O)O)c(C)c2)cc1. The number of thioether (sulfide) groups is 4. The van der Waals surface area contributed by atoms with E-state index in [4.69, 9.17) is 37.9 Å². The molecule has 4 heterocycles. The zero-order chi connectivity index (χ0) is 110. The van der Waals surface area contributed by atoms with Gasteiger partial charge in [-0.3, -0.25) is 19.2 Å². The van der Waals surface area contributed by atoms with Crippen molar-refractivity contribution >= 4 is 118 Å². The predicted octanol–water partition coefficient (Wildman–Crippen LogP) is 23.1. The minimum Gasteiger partial charge on any atom is -0.478 e. The third-order valence-electron chi connectivity index (χ3n) is 27.4. The molecule has 148 heavy (non-hydrogen) atoms. The van der Waals surface area contributed by atoms with Crippen LogP contribution in [0.25, 0.3) is 0 Å². The third-order valence-corrected chi connectivity index (χ3v) is 30.4. The van der Waals surface area contributed by atoms with Gasteiger partial charge in [0.1, 0.15) is 23.0 Å². The van der Waals surface area contributed by atoms with Crippen LogP contribution in [0, 0.1) is 103 Å². The number of aryl methyl sites for hydroxylation is 12. The molecule has 0 bridgehead atoms. The van der Waals surface area contributed by atoms with Crippen molar-refractivity contribution in [2.45, 2.75) is 244 Å². The fraction of sp³-hybridized carbons (Fsp3) is 0.483. The summed E-state index contributed by atoms with van der Waals surface area (Å²) in [4.78, 5) is 161. The van der Waals surface area contributed by atoms with Crippen LogP contribution in [0.2, 0.25) is 0 Å². The number of carbonyl (C=O) groups excluding carboxylic acids is 8. The van der Waals surface area contributed by atoms with Crippen LogP contribution in [0.15, 0.2) is 165 Å². The molecular formula is C116H148N4O24S4. The molecule has 0 spiro atoms. The van der Waals surface area contributed by atoms with Gasteiger partial charge in [-0.1, -0.05) is 97.1 Å². The van der Waals surface area contributed by atoms with Gasteiger partial charge in [0.05, 0.1) is 26.4 Å². The molecule has 28 nitrogen and oxygen atoms in total. The minimum atomic E-state index is -1.34. The van der Waals surface area contributed by atoms with Gasteiger partial charge in [0.25, 0.3) is 0 Å². The first-order valence-corrected chi connectivity index (χ1v) is 54.9. The summed E-state index contributed by atoms with van der Waals surface area (Å²) in [5, 5.41) is 37.7. The average Bonchev–Trinajstić information content (AvgIpc) is 1.32. The number of aliphatic carboxylic acids is 4. The first-order valence-electron chi connectivity index (χ1n) is 50.0. The maximum Gasteiger partial charge on any atom is 0.410 e. The van der Waals surface area contributed by atoms with Gasteiger partial charge in [0.2, 0.25) is 0 Å². The maximum atomic E-state index is 13.5. The molecule has 4 aliphatic rings. The molecule has 0 unspecified atom stereocenters. The van der Waals surface area contributed by atoms with E-state index in [9.17, 15) is 78.0 Å². The number of Topliss-reactive ketones (excluding diaryl/α,β-unsaturated/α-hetero) is 4. The summed E-state index contributed by atoms with van der Waals surface area (Å²) in [7, 11) is 2.71. The second-order valence-corrected chi connectivity index (χ2v) is 44.8. The molecule has 0 radical (unpaired) electrons. The number of methoxy groups -OCH3 is 2. The summed E-state index contributed by atoms with van der Waals surface area (Å²) in [6.07, 6.45) is 11.7. The number of ketones is 4. The Bertz CT molecular complexity index is 5600. The van der Waals surface area contributed by atoms with Crippen molar-refractivity contribution in [3.8, 4) is 23.0 Å². The van der Waals surface area contributed by atoms with Crippen LogP contribution >= 0.6 is 47.0 Å². The lowest BCUT2D eigenvalue weighted by molar-refractivity contribution is -0.152. The highest BCUT2D eigenvalue weighted by molar-refractivity contribution is 7.99. The molecule has 0 saturated carbocycles. The van der Waals surface area contributed by atoms with Gasteiger partial charge in [0, 0.05) is 118 Å². The Labute approximate surface area is 888 Å². The second kappa shape index (κ2) is 52.9. The first kappa shape index (κ1) is 120. The molecule has 12 rings (SSSR count). The van der Waals surface area contributed by atoms with Crippen molar-refractivity contribution in [1.82, 2.24) is 19.6 Å². The minimum absolute atomic E-state index is 0.000640. The third kappa shape index (κ3) is 32.0. The van der Waals surface area contributed by atoms with E-state index >= 15 is 0 Å². The number of carbonyl (C=O) groups is 12.